The summed E-state index contributed by atoms with van der Waals surface area (Å²) in [4.78, 5) is 0. The summed E-state index contributed by atoms with van der Waals surface area (Å²) in [6.45, 7) is 9.08. The van der Waals surface area contributed by atoms with Crippen LogP contribution in [0.3, 0.4) is 0 Å². The fourth-order valence-electron chi connectivity index (χ4n) is 2.60. The topological polar surface area (TPSA) is 56.7 Å². The zero-order valence-corrected chi connectivity index (χ0v) is 12.8. The third-order valence-electron chi connectivity index (χ3n) is 4.08. The summed E-state index contributed by atoms with van der Waals surface area (Å²) >= 11 is 0. The summed E-state index contributed by atoms with van der Waals surface area (Å²) in [5.41, 5.74) is 11.5. The molecule has 20 heavy (non-hydrogen) atoms. The molecule has 2 N–H and O–H groups in total. The van der Waals surface area contributed by atoms with Crippen molar-refractivity contribution in [1.82, 2.24) is 15.0 Å². The Kier molecular flexibility index (Phi) is 4.55. The number of hydrogen-bond acceptors (Lipinski definition) is 3. The van der Waals surface area contributed by atoms with Gasteiger partial charge in [-0.3, -0.25) is 0 Å². The van der Waals surface area contributed by atoms with Crippen LogP contribution in [0, 0.1) is 13.8 Å². The zero-order valence-electron chi connectivity index (χ0n) is 12.8. The Labute approximate surface area is 121 Å². The van der Waals surface area contributed by atoms with Gasteiger partial charge >= 0.3 is 0 Å². The average molecular weight is 272 g/mol. The van der Waals surface area contributed by atoms with Crippen molar-refractivity contribution in [2.75, 3.05) is 0 Å². The van der Waals surface area contributed by atoms with Crippen LogP contribution < -0.4 is 5.73 Å². The highest BCUT2D eigenvalue weighted by atomic mass is 15.4. The lowest BCUT2D eigenvalue weighted by Gasteiger charge is -2.16. The Hall–Kier alpha value is -1.68. The Bertz CT molecular complexity index is 582. The van der Waals surface area contributed by atoms with Crippen LogP contribution in [0.5, 0.6) is 0 Å². The first-order valence-corrected chi connectivity index (χ1v) is 7.34. The highest BCUT2D eigenvalue weighted by Gasteiger charge is 2.20. The summed E-state index contributed by atoms with van der Waals surface area (Å²) < 4.78 is 1.96. The third kappa shape index (κ3) is 2.61. The number of nitrogens with zero attached hydrogens (tertiary/aromatic N) is 3. The van der Waals surface area contributed by atoms with Crippen LogP contribution in [-0.2, 0) is 6.54 Å². The first kappa shape index (κ1) is 14.7. The number of benzene rings is 1. The number of rotatable bonds is 5. The van der Waals surface area contributed by atoms with Gasteiger partial charge in [0.1, 0.15) is 5.69 Å². The number of nitrogens with two attached hydrogens (primary N) is 1. The highest BCUT2D eigenvalue weighted by molar-refractivity contribution is 5.41. The van der Waals surface area contributed by atoms with Crippen molar-refractivity contribution in [3.8, 4) is 5.69 Å². The number of aromatic nitrogens is 3. The van der Waals surface area contributed by atoms with Gasteiger partial charge in [-0.05, 0) is 49.9 Å². The molecule has 0 unspecified atom stereocenters. The Morgan fingerprint density at radius 2 is 1.85 bits per heavy atom. The van der Waals surface area contributed by atoms with Crippen molar-refractivity contribution < 1.29 is 0 Å². The molecule has 0 atom stereocenters. The molecule has 0 aliphatic rings. The first-order chi connectivity index (χ1) is 9.62. The Morgan fingerprint density at radius 3 is 2.40 bits per heavy atom. The van der Waals surface area contributed by atoms with Crippen molar-refractivity contribution in [3.05, 3.63) is 40.7 Å². The van der Waals surface area contributed by atoms with Gasteiger partial charge < -0.3 is 5.73 Å². The number of aryl methyl sites for hydroxylation is 2. The molecule has 0 saturated carbocycles. The van der Waals surface area contributed by atoms with Gasteiger partial charge in [0.05, 0.1) is 11.4 Å². The normalized spacial score (nSPS) is 11.3. The SMILES string of the molecule is CCC(CC)c1c(CN)nnn1-c1ccc(C)c(C)c1. The summed E-state index contributed by atoms with van der Waals surface area (Å²) in [7, 11) is 0. The van der Waals surface area contributed by atoms with Crippen LogP contribution in [-0.4, -0.2) is 15.0 Å². The first-order valence-electron chi connectivity index (χ1n) is 7.34. The van der Waals surface area contributed by atoms with E-state index in [1.807, 2.05) is 4.68 Å². The summed E-state index contributed by atoms with van der Waals surface area (Å²) in [5.74, 6) is 0.449. The van der Waals surface area contributed by atoms with Gasteiger partial charge in [0.25, 0.3) is 0 Å². The minimum Gasteiger partial charge on any atom is -0.325 e. The molecule has 0 bridgehead atoms. The van der Waals surface area contributed by atoms with Crippen molar-refractivity contribution >= 4 is 0 Å². The molecule has 0 saturated heterocycles. The minimum atomic E-state index is 0.441. The molecule has 0 radical (unpaired) electrons. The molecule has 1 aromatic heterocycles. The van der Waals surface area contributed by atoms with E-state index < -0.39 is 0 Å². The zero-order chi connectivity index (χ0) is 14.7. The predicted octanol–water partition coefficient (Wildman–Crippen LogP) is 3.25. The lowest BCUT2D eigenvalue weighted by Crippen LogP contribution is -2.11. The van der Waals surface area contributed by atoms with Gasteiger partial charge in [0, 0.05) is 12.5 Å². The van der Waals surface area contributed by atoms with E-state index in [0.29, 0.717) is 12.5 Å². The van der Waals surface area contributed by atoms with E-state index >= 15 is 0 Å². The molecule has 4 heteroatoms. The van der Waals surface area contributed by atoms with Gasteiger partial charge in [-0.2, -0.15) is 0 Å². The summed E-state index contributed by atoms with van der Waals surface area (Å²) in [6, 6.07) is 6.39. The highest BCUT2D eigenvalue weighted by Crippen LogP contribution is 2.27. The molecular formula is C16H24N4. The maximum absolute atomic E-state index is 5.83. The molecule has 4 nitrogen and oxygen atoms in total. The van der Waals surface area contributed by atoms with Crippen molar-refractivity contribution in [1.29, 1.82) is 0 Å². The Morgan fingerprint density at radius 1 is 1.15 bits per heavy atom. The van der Waals surface area contributed by atoms with Gasteiger partial charge in [-0.25, -0.2) is 4.68 Å². The van der Waals surface area contributed by atoms with Gasteiger partial charge in [-0.15, -0.1) is 5.10 Å². The molecule has 2 aromatic rings. The fourth-order valence-corrected chi connectivity index (χ4v) is 2.60. The Balaban J connectivity index is 2.56. The van der Waals surface area contributed by atoms with E-state index in [9.17, 15) is 0 Å². The molecule has 2 rings (SSSR count). The van der Waals surface area contributed by atoms with E-state index in [4.69, 9.17) is 5.73 Å². The van der Waals surface area contributed by atoms with Gasteiger partial charge in [0.2, 0.25) is 0 Å². The lowest BCUT2D eigenvalue weighted by molar-refractivity contribution is 0.590. The van der Waals surface area contributed by atoms with E-state index in [2.05, 4.69) is 56.2 Å². The monoisotopic (exact) mass is 272 g/mol. The third-order valence-corrected chi connectivity index (χ3v) is 4.08. The second-order valence-corrected chi connectivity index (χ2v) is 5.32. The molecular weight excluding hydrogens is 248 g/mol. The molecule has 0 spiro atoms. The number of hydrogen-bond donors (Lipinski definition) is 1. The van der Waals surface area contributed by atoms with Crippen molar-refractivity contribution in [2.45, 2.75) is 53.0 Å². The average Bonchev–Trinajstić information content (AvgIpc) is 2.87. The quantitative estimate of drug-likeness (QED) is 0.909. The van der Waals surface area contributed by atoms with Gasteiger partial charge in [0.15, 0.2) is 0 Å². The molecule has 1 aromatic carbocycles. The van der Waals surface area contributed by atoms with Crippen LogP contribution >= 0.6 is 0 Å². The largest absolute Gasteiger partial charge is 0.325 e. The molecule has 0 aliphatic carbocycles. The molecule has 0 aliphatic heterocycles. The van der Waals surface area contributed by atoms with Gasteiger partial charge in [-0.1, -0.05) is 25.1 Å². The van der Waals surface area contributed by atoms with Crippen LogP contribution in [0.4, 0.5) is 0 Å². The van der Waals surface area contributed by atoms with E-state index in [-0.39, 0.29) is 0 Å². The maximum Gasteiger partial charge on any atom is 0.100 e. The van der Waals surface area contributed by atoms with E-state index in [1.54, 1.807) is 0 Å². The standard InChI is InChI=1S/C16H24N4/c1-5-13(6-2)16-15(10-17)18-19-20(16)14-8-7-11(3)12(4)9-14/h7-9,13H,5-6,10,17H2,1-4H3. The minimum absolute atomic E-state index is 0.441. The molecule has 108 valence electrons. The molecule has 0 fully saturated rings. The van der Waals surface area contributed by atoms with E-state index in [1.165, 1.54) is 16.8 Å². The van der Waals surface area contributed by atoms with Crippen LogP contribution in [0.25, 0.3) is 5.69 Å². The summed E-state index contributed by atoms with van der Waals surface area (Å²) in [5, 5.41) is 8.60. The second-order valence-electron chi connectivity index (χ2n) is 5.32. The van der Waals surface area contributed by atoms with Crippen LogP contribution in [0.15, 0.2) is 18.2 Å². The smallest absolute Gasteiger partial charge is 0.100 e. The van der Waals surface area contributed by atoms with E-state index in [0.717, 1.165) is 24.2 Å². The predicted molar refractivity (Wildman–Crippen MR) is 82.0 cm³/mol. The van der Waals surface area contributed by atoms with Crippen molar-refractivity contribution in [3.63, 3.8) is 0 Å². The second kappa shape index (κ2) is 6.18. The lowest BCUT2D eigenvalue weighted by atomic mass is 9.97. The summed E-state index contributed by atoms with van der Waals surface area (Å²) in [6.07, 6.45) is 2.14. The van der Waals surface area contributed by atoms with Crippen LogP contribution in [0.2, 0.25) is 0 Å². The maximum atomic E-state index is 5.83. The molecule has 1 heterocycles. The molecule has 0 amide bonds. The fraction of sp³-hybridized carbons (Fsp3) is 0.500. The van der Waals surface area contributed by atoms with Crippen LogP contribution in [0.1, 0.15) is 55.1 Å². The van der Waals surface area contributed by atoms with Crippen molar-refractivity contribution in [2.24, 2.45) is 5.73 Å².